The van der Waals surface area contributed by atoms with Crippen molar-refractivity contribution >= 4 is 104 Å². The van der Waals surface area contributed by atoms with Gasteiger partial charge >= 0.3 is 0 Å². The average molecular weight is 761 g/mol. The predicted molar refractivity (Wildman–Crippen MR) is 257 cm³/mol. The van der Waals surface area contributed by atoms with Gasteiger partial charge in [0.05, 0.1) is 11.0 Å². The van der Waals surface area contributed by atoms with Crippen LogP contribution in [0, 0.1) is 0 Å². The van der Waals surface area contributed by atoms with Gasteiger partial charge in [-0.05, 0) is 136 Å². The summed E-state index contributed by atoms with van der Waals surface area (Å²) in [5.41, 5.74) is 9.26. The van der Waals surface area contributed by atoms with Gasteiger partial charge in [-0.25, -0.2) is 0 Å². The van der Waals surface area contributed by atoms with Crippen LogP contribution in [0.5, 0.6) is 0 Å². The van der Waals surface area contributed by atoms with E-state index >= 15 is 0 Å². The molecule has 0 aliphatic heterocycles. The van der Waals surface area contributed by atoms with Crippen LogP contribution in [0.25, 0.3) is 103 Å². The Labute approximate surface area is 346 Å². The Morgan fingerprint density at radius 1 is 0.267 bits per heavy atom. The highest BCUT2D eigenvalue weighted by Crippen LogP contribution is 2.47. The van der Waals surface area contributed by atoms with Crippen molar-refractivity contribution in [2.24, 2.45) is 0 Å². The Morgan fingerprint density at radius 2 is 0.750 bits per heavy atom. The average Bonchev–Trinajstić information content (AvgIpc) is 3.64. The Kier molecular flexibility index (Phi) is 7.05. The first-order valence-corrected chi connectivity index (χ1v) is 20.8. The summed E-state index contributed by atoms with van der Waals surface area (Å²) in [6.45, 7) is 0. The van der Waals surface area contributed by atoms with E-state index in [2.05, 4.69) is 228 Å². The molecular weight excluding hydrogens is 725 g/mol. The lowest BCUT2D eigenvalue weighted by molar-refractivity contribution is 1.18. The molecule has 0 unspecified atom stereocenters. The summed E-state index contributed by atoms with van der Waals surface area (Å²) < 4.78 is 2.39. The van der Waals surface area contributed by atoms with Crippen molar-refractivity contribution in [3.63, 3.8) is 0 Å². The molecule has 0 saturated heterocycles. The standard InChI is InChI=1S/C58H36N2/c1-3-12-37(13-4-1)38-28-30-44(31-29-38)59(45-32-33-54-51(35-45)47-19-7-8-23-53(47)60(54)43-17-5-2-6-18-43)46-34-42-27-26-41-15-10-21-49-48-20-9-14-39-24-25-40-16-11-22-50(57(40)55(39)48)52(36-46)58(42)56(41)49/h1-36H. The van der Waals surface area contributed by atoms with Crippen molar-refractivity contribution in [3.05, 3.63) is 218 Å². The summed E-state index contributed by atoms with van der Waals surface area (Å²) in [7, 11) is 0. The third kappa shape index (κ3) is 4.82. The number of aromatic nitrogens is 1. The summed E-state index contributed by atoms with van der Waals surface area (Å²) in [4.78, 5) is 2.46. The molecular formula is C58H36N2. The lowest BCUT2D eigenvalue weighted by atomic mass is 9.87. The molecule has 0 spiro atoms. The Bertz CT molecular complexity index is 3800. The fraction of sp³-hybridized carbons (Fsp3) is 0. The van der Waals surface area contributed by atoms with Gasteiger partial charge in [-0.15, -0.1) is 0 Å². The van der Waals surface area contributed by atoms with Crippen molar-refractivity contribution in [2.75, 3.05) is 4.90 Å². The van der Waals surface area contributed by atoms with Crippen LogP contribution in [0.3, 0.4) is 0 Å². The molecule has 0 N–H and O–H groups in total. The zero-order valence-corrected chi connectivity index (χ0v) is 32.7. The maximum Gasteiger partial charge on any atom is 0.0542 e. The highest BCUT2D eigenvalue weighted by Gasteiger charge is 2.21. The predicted octanol–water partition coefficient (Wildman–Crippen LogP) is 16.3. The monoisotopic (exact) mass is 760 g/mol. The van der Waals surface area contributed by atoms with Crippen molar-refractivity contribution in [1.82, 2.24) is 4.57 Å². The van der Waals surface area contributed by atoms with E-state index in [-0.39, 0.29) is 0 Å². The summed E-state index contributed by atoms with van der Waals surface area (Å²) in [6, 6.07) is 80.8. The van der Waals surface area contributed by atoms with E-state index in [1.165, 1.54) is 97.6 Å². The van der Waals surface area contributed by atoms with Gasteiger partial charge in [0.25, 0.3) is 0 Å². The topological polar surface area (TPSA) is 8.17 Å². The molecule has 1 aromatic heterocycles. The molecule has 2 heteroatoms. The molecule has 12 aromatic carbocycles. The van der Waals surface area contributed by atoms with Crippen LogP contribution in [0.2, 0.25) is 0 Å². The number of hydrogen-bond acceptors (Lipinski definition) is 1. The second-order valence-corrected chi connectivity index (χ2v) is 16.1. The van der Waals surface area contributed by atoms with Crippen LogP contribution in [-0.4, -0.2) is 4.57 Å². The molecule has 2 nitrogen and oxygen atoms in total. The zero-order chi connectivity index (χ0) is 39.3. The van der Waals surface area contributed by atoms with E-state index < -0.39 is 0 Å². The van der Waals surface area contributed by atoms with Gasteiger partial charge in [0.2, 0.25) is 0 Å². The molecule has 0 fully saturated rings. The first kappa shape index (κ1) is 33.1. The first-order chi connectivity index (χ1) is 29.8. The van der Waals surface area contributed by atoms with Gasteiger partial charge < -0.3 is 9.47 Å². The third-order valence-corrected chi connectivity index (χ3v) is 12.8. The zero-order valence-electron chi connectivity index (χ0n) is 32.7. The van der Waals surface area contributed by atoms with Gasteiger partial charge in [0, 0.05) is 33.5 Å². The summed E-state index contributed by atoms with van der Waals surface area (Å²) in [5, 5.41) is 17.8. The van der Waals surface area contributed by atoms with E-state index in [1.807, 2.05) is 0 Å². The Balaban J connectivity index is 1.14. The molecule has 13 aromatic rings. The van der Waals surface area contributed by atoms with Crippen molar-refractivity contribution in [3.8, 4) is 16.8 Å². The number of nitrogens with zero attached hydrogens (tertiary/aromatic N) is 2. The summed E-state index contributed by atoms with van der Waals surface area (Å²) in [5.74, 6) is 0. The van der Waals surface area contributed by atoms with Crippen molar-refractivity contribution < 1.29 is 0 Å². The molecule has 0 radical (unpaired) electrons. The smallest absolute Gasteiger partial charge is 0.0542 e. The maximum absolute atomic E-state index is 2.46. The third-order valence-electron chi connectivity index (χ3n) is 12.8. The minimum absolute atomic E-state index is 1.10. The lowest BCUT2D eigenvalue weighted by Crippen LogP contribution is -2.10. The molecule has 60 heavy (non-hydrogen) atoms. The van der Waals surface area contributed by atoms with Crippen LogP contribution in [-0.2, 0) is 0 Å². The fourth-order valence-electron chi connectivity index (χ4n) is 10.2. The molecule has 13 rings (SSSR count). The molecule has 0 atom stereocenters. The van der Waals surface area contributed by atoms with Gasteiger partial charge in [-0.2, -0.15) is 0 Å². The normalized spacial score (nSPS) is 12.0. The Morgan fingerprint density at radius 3 is 1.42 bits per heavy atom. The van der Waals surface area contributed by atoms with Crippen LogP contribution in [0.15, 0.2) is 218 Å². The minimum atomic E-state index is 1.10. The Hall–Kier alpha value is -7.94. The van der Waals surface area contributed by atoms with E-state index in [4.69, 9.17) is 0 Å². The highest BCUT2D eigenvalue weighted by atomic mass is 15.1. The summed E-state index contributed by atoms with van der Waals surface area (Å²) in [6.07, 6.45) is 0. The number of fused-ring (bicyclic) bond motifs is 5. The van der Waals surface area contributed by atoms with Crippen LogP contribution < -0.4 is 4.90 Å². The minimum Gasteiger partial charge on any atom is -0.310 e. The van der Waals surface area contributed by atoms with Gasteiger partial charge in [-0.3, -0.25) is 0 Å². The van der Waals surface area contributed by atoms with E-state index in [9.17, 15) is 0 Å². The SMILES string of the molecule is c1ccc(-c2ccc(N(c3cc4ccc5cccc6c7cccc8ccc9cccc(c(c3)c4c56)c9c87)c3ccc4c(c3)c3ccccc3n4-c3ccccc3)cc2)cc1. The van der Waals surface area contributed by atoms with Gasteiger partial charge in [-0.1, -0.05) is 158 Å². The fourth-order valence-corrected chi connectivity index (χ4v) is 10.2. The van der Waals surface area contributed by atoms with Gasteiger partial charge in [0.15, 0.2) is 0 Å². The second kappa shape index (κ2) is 12.8. The molecule has 278 valence electrons. The number of hydrogen-bond donors (Lipinski definition) is 0. The van der Waals surface area contributed by atoms with E-state index in [0.717, 1.165) is 22.7 Å². The van der Waals surface area contributed by atoms with E-state index in [0.29, 0.717) is 0 Å². The van der Waals surface area contributed by atoms with Crippen LogP contribution >= 0.6 is 0 Å². The molecule has 0 saturated carbocycles. The van der Waals surface area contributed by atoms with Crippen molar-refractivity contribution in [2.45, 2.75) is 0 Å². The molecule has 1 heterocycles. The number of anilines is 3. The number of para-hydroxylation sites is 2. The van der Waals surface area contributed by atoms with E-state index in [1.54, 1.807) is 0 Å². The number of rotatable bonds is 5. The molecule has 0 amide bonds. The number of benzene rings is 11. The second-order valence-electron chi connectivity index (χ2n) is 16.1. The van der Waals surface area contributed by atoms with Gasteiger partial charge in [0.1, 0.15) is 0 Å². The molecule has 0 aliphatic carbocycles. The van der Waals surface area contributed by atoms with Crippen LogP contribution in [0.4, 0.5) is 17.1 Å². The van der Waals surface area contributed by atoms with Crippen molar-refractivity contribution in [1.29, 1.82) is 0 Å². The quantitative estimate of drug-likeness (QED) is 0.159. The van der Waals surface area contributed by atoms with Crippen LogP contribution in [0.1, 0.15) is 0 Å². The molecule has 0 aliphatic rings. The lowest BCUT2D eigenvalue weighted by Gasteiger charge is -2.27. The molecule has 0 bridgehead atoms. The maximum atomic E-state index is 2.46. The largest absolute Gasteiger partial charge is 0.310 e. The summed E-state index contributed by atoms with van der Waals surface area (Å²) >= 11 is 0. The first-order valence-electron chi connectivity index (χ1n) is 20.8. The highest BCUT2D eigenvalue weighted by molar-refractivity contribution is 6.37.